The van der Waals surface area contributed by atoms with Gasteiger partial charge in [0.25, 0.3) is 0 Å². The Balaban J connectivity index is 0.00000420. The van der Waals surface area contributed by atoms with Crippen molar-refractivity contribution in [2.24, 2.45) is 0 Å². The van der Waals surface area contributed by atoms with Crippen molar-refractivity contribution in [2.75, 3.05) is 10.1 Å². The SMILES string of the molecule is CC(C)c1cccc(C(C)C)c1-c1ccnc(-n2c3[c-]c(Sc4[c-]c(N5[OH+]N(C(C)(C)C)c6ccccc65)ccc4)ccc3c3ccccc32)c1.[Pt]. The summed E-state index contributed by atoms with van der Waals surface area (Å²) in [6.07, 6.45) is 1.95. The van der Waals surface area contributed by atoms with Gasteiger partial charge in [-0.2, -0.15) is 29.2 Å². The molecule has 5 nitrogen and oxygen atoms in total. The summed E-state index contributed by atoms with van der Waals surface area (Å²) in [6, 6.07) is 46.2. The van der Waals surface area contributed by atoms with Crippen molar-refractivity contribution >= 4 is 50.6 Å². The van der Waals surface area contributed by atoms with Gasteiger partial charge in [-0.3, -0.25) is 0 Å². The van der Waals surface area contributed by atoms with Gasteiger partial charge in [0.1, 0.15) is 22.7 Å². The number of fused-ring (bicyclic) bond motifs is 4. The average molecular weight is 883 g/mol. The molecule has 3 heterocycles. The van der Waals surface area contributed by atoms with Gasteiger partial charge in [-0.25, -0.2) is 4.98 Å². The molecule has 0 amide bonds. The Morgan fingerprint density at radius 2 is 1.37 bits per heavy atom. The van der Waals surface area contributed by atoms with E-state index in [2.05, 4.69) is 179 Å². The summed E-state index contributed by atoms with van der Waals surface area (Å²) >= 11 is 1.66. The van der Waals surface area contributed by atoms with Crippen LogP contribution in [-0.2, 0) is 21.1 Å². The van der Waals surface area contributed by atoms with E-state index >= 15 is 0 Å². The summed E-state index contributed by atoms with van der Waals surface area (Å²) in [5, 5.41) is 6.42. The topological polar surface area (TPSA) is 37.1 Å². The van der Waals surface area contributed by atoms with Crippen LogP contribution in [0.1, 0.15) is 71.4 Å². The maximum Gasteiger partial charge on any atom is 0.145 e. The zero-order valence-electron chi connectivity index (χ0n) is 30.6. The number of rotatable bonds is 7. The largest absolute Gasteiger partial charge is 0.319 e. The van der Waals surface area contributed by atoms with Crippen LogP contribution in [-0.4, -0.2) is 20.0 Å². The van der Waals surface area contributed by atoms with Crippen LogP contribution in [0.5, 0.6) is 0 Å². The molecule has 8 rings (SSSR count). The number of pyridine rings is 1. The van der Waals surface area contributed by atoms with Crippen LogP contribution in [0.2, 0.25) is 0 Å². The Hall–Kier alpha value is -4.35. The average Bonchev–Trinajstić information content (AvgIpc) is 3.68. The number of hydroxylamine groups is 1. The van der Waals surface area contributed by atoms with Gasteiger partial charge in [0.15, 0.2) is 0 Å². The van der Waals surface area contributed by atoms with Crippen LogP contribution in [0.3, 0.4) is 0 Å². The number of para-hydroxylation sites is 3. The van der Waals surface area contributed by atoms with Gasteiger partial charge in [0.05, 0.1) is 0 Å². The third kappa shape index (κ3) is 6.46. The fourth-order valence-electron chi connectivity index (χ4n) is 7.17. The van der Waals surface area contributed by atoms with Crippen molar-refractivity contribution in [3.8, 4) is 16.9 Å². The molecule has 1 aliphatic rings. The van der Waals surface area contributed by atoms with Crippen molar-refractivity contribution < 1.29 is 26.0 Å². The van der Waals surface area contributed by atoms with Gasteiger partial charge in [-0.05, 0) is 90.6 Å². The molecule has 0 saturated heterocycles. The van der Waals surface area contributed by atoms with E-state index in [1.54, 1.807) is 11.8 Å². The summed E-state index contributed by atoms with van der Waals surface area (Å²) in [5.41, 5.74) is 10.2. The summed E-state index contributed by atoms with van der Waals surface area (Å²) in [6.45, 7) is 15.6. The van der Waals surface area contributed by atoms with E-state index in [9.17, 15) is 0 Å². The molecule has 0 saturated carbocycles. The molecule has 5 aromatic carbocycles. The zero-order valence-corrected chi connectivity index (χ0v) is 33.7. The molecule has 0 aliphatic carbocycles. The molecule has 0 bridgehead atoms. The minimum Gasteiger partial charge on any atom is -0.319 e. The van der Waals surface area contributed by atoms with Crippen molar-refractivity contribution in [3.63, 3.8) is 0 Å². The van der Waals surface area contributed by atoms with E-state index in [1.165, 1.54) is 27.6 Å². The van der Waals surface area contributed by atoms with Crippen LogP contribution >= 0.6 is 11.8 Å². The Morgan fingerprint density at radius 1 is 0.692 bits per heavy atom. The van der Waals surface area contributed by atoms with E-state index in [-0.39, 0.29) is 26.6 Å². The van der Waals surface area contributed by atoms with Gasteiger partial charge >= 0.3 is 0 Å². The second-order valence-corrected chi connectivity index (χ2v) is 15.9. The number of aromatic nitrogens is 2. The van der Waals surface area contributed by atoms with Crippen LogP contribution in [0.25, 0.3) is 38.8 Å². The van der Waals surface area contributed by atoms with Gasteiger partial charge in [0.2, 0.25) is 0 Å². The molecule has 0 spiro atoms. The number of hydrogen-bond donors (Lipinski definition) is 0. The Morgan fingerprint density at radius 3 is 2.10 bits per heavy atom. The van der Waals surface area contributed by atoms with E-state index in [0.29, 0.717) is 11.8 Å². The third-order valence-corrected chi connectivity index (χ3v) is 10.5. The summed E-state index contributed by atoms with van der Waals surface area (Å²) < 4.78 is 2.27. The van der Waals surface area contributed by atoms with Crippen LogP contribution in [0.4, 0.5) is 17.1 Å². The summed E-state index contributed by atoms with van der Waals surface area (Å²) in [7, 11) is 0. The van der Waals surface area contributed by atoms with Crippen molar-refractivity contribution in [2.45, 2.75) is 75.6 Å². The second-order valence-electron chi connectivity index (χ2n) is 14.8. The van der Waals surface area contributed by atoms with Crippen molar-refractivity contribution in [1.82, 2.24) is 9.55 Å². The minimum atomic E-state index is -0.164. The van der Waals surface area contributed by atoms with E-state index < -0.39 is 0 Å². The standard InChI is InChI=1S/C45H42N4OS.Pt/c1-29(2)35-17-13-18-36(30(3)4)44(35)31-24-25-46-43(26-31)47-39-19-9-8-16-37(39)38-23-22-34(28-42(38)47)51-33-15-12-14-32(27-33)48-40-20-10-11-21-41(40)49(50-48)45(5,6)7;/h8-26,29-30H,1-7H3;/q-2;/p+1. The molecule has 1 N–H and O–H groups in total. The quantitative estimate of drug-likeness (QED) is 0.118. The first-order valence-corrected chi connectivity index (χ1v) is 18.6. The molecule has 52 heavy (non-hydrogen) atoms. The van der Waals surface area contributed by atoms with Gasteiger partial charge in [-0.1, -0.05) is 81.7 Å². The molecule has 7 aromatic rings. The first kappa shape index (κ1) is 36.0. The van der Waals surface area contributed by atoms with Crippen LogP contribution in [0, 0.1) is 12.1 Å². The zero-order chi connectivity index (χ0) is 35.4. The van der Waals surface area contributed by atoms with Crippen molar-refractivity contribution in [3.05, 3.63) is 139 Å². The fourth-order valence-corrected chi connectivity index (χ4v) is 7.99. The maximum absolute atomic E-state index is 5.02. The minimum absolute atomic E-state index is 0. The van der Waals surface area contributed by atoms with E-state index in [4.69, 9.17) is 9.92 Å². The molecule has 0 unspecified atom stereocenters. The summed E-state index contributed by atoms with van der Waals surface area (Å²) in [4.78, 5) is 12.0. The first-order valence-electron chi connectivity index (χ1n) is 17.7. The molecule has 0 atom stereocenters. The molecule has 1 aliphatic heterocycles. The van der Waals surface area contributed by atoms with Gasteiger partial charge in [-0.15, -0.1) is 55.3 Å². The predicted octanol–water partition coefficient (Wildman–Crippen LogP) is 12.4. The third-order valence-electron chi connectivity index (χ3n) is 9.55. The maximum atomic E-state index is 5.02. The molecule has 7 heteroatoms. The molecular formula is C45H43N4OPtS-. The number of anilines is 3. The predicted molar refractivity (Wildman–Crippen MR) is 213 cm³/mol. The molecule has 266 valence electrons. The molecular weight excluding hydrogens is 840 g/mol. The molecule has 0 radical (unpaired) electrons. The summed E-state index contributed by atoms with van der Waals surface area (Å²) in [5.74, 6) is 1.69. The second kappa shape index (κ2) is 14.2. The van der Waals surface area contributed by atoms with E-state index in [1.807, 2.05) is 11.3 Å². The number of benzene rings is 5. The molecule has 2 aromatic heterocycles. The van der Waals surface area contributed by atoms with Gasteiger partial charge in [0, 0.05) is 38.5 Å². The number of nitrogens with zero attached hydrogens (tertiary/aromatic N) is 4. The normalized spacial score (nSPS) is 13.0. The monoisotopic (exact) mass is 882 g/mol. The number of hydrogen-bond acceptors (Lipinski definition) is 4. The van der Waals surface area contributed by atoms with Crippen LogP contribution < -0.4 is 10.1 Å². The Kier molecular flexibility index (Phi) is 9.86. The molecule has 0 fully saturated rings. The van der Waals surface area contributed by atoms with Crippen LogP contribution in [0.15, 0.2) is 125 Å². The smallest absolute Gasteiger partial charge is 0.145 e. The Labute approximate surface area is 325 Å². The fraction of sp³-hybridized carbons (Fsp3) is 0.222. The van der Waals surface area contributed by atoms with Crippen molar-refractivity contribution in [1.29, 1.82) is 0 Å². The first-order chi connectivity index (χ1) is 24.6. The van der Waals surface area contributed by atoms with Gasteiger partial charge < -0.3 is 4.57 Å². The Bertz CT molecular complexity index is 2380. The van der Waals surface area contributed by atoms with E-state index in [0.717, 1.165) is 49.1 Å².